The molecule has 0 aliphatic carbocycles. The molecule has 0 fully saturated rings. The van der Waals surface area contributed by atoms with Crippen LogP contribution in [0.1, 0.15) is 30.5 Å². The van der Waals surface area contributed by atoms with Gasteiger partial charge in [-0.2, -0.15) is 0 Å². The number of hydrogen-bond donors (Lipinski definition) is 0. The van der Waals surface area contributed by atoms with Gasteiger partial charge in [0, 0.05) is 31.1 Å². The van der Waals surface area contributed by atoms with Crippen molar-refractivity contribution in [1.82, 2.24) is 0 Å². The van der Waals surface area contributed by atoms with Crippen molar-refractivity contribution in [3.63, 3.8) is 0 Å². The standard InChI is InChI=1S/C20H26NO2P/c1-15-9-8-11-17(19(15)23-14-22-5)20(2,3)24-18-12-7-6-10-16(18)13-21-4/h6-13,24H,14H2,1-5H3. The molecule has 4 heteroatoms. The van der Waals surface area contributed by atoms with Crippen molar-refractivity contribution >= 4 is 20.1 Å². The van der Waals surface area contributed by atoms with E-state index in [4.69, 9.17) is 9.47 Å². The van der Waals surface area contributed by atoms with Gasteiger partial charge in [0.1, 0.15) is 5.75 Å². The maximum atomic E-state index is 5.87. The lowest BCUT2D eigenvalue weighted by atomic mass is 9.98. The summed E-state index contributed by atoms with van der Waals surface area (Å²) in [6.07, 6.45) is 1.93. The lowest BCUT2D eigenvalue weighted by molar-refractivity contribution is 0.0496. The largest absolute Gasteiger partial charge is 0.467 e. The summed E-state index contributed by atoms with van der Waals surface area (Å²) < 4.78 is 11.0. The first kappa shape index (κ1) is 18.6. The van der Waals surface area contributed by atoms with Crippen molar-refractivity contribution in [3.8, 4) is 5.75 Å². The molecule has 0 N–H and O–H groups in total. The first-order chi connectivity index (χ1) is 11.5. The van der Waals surface area contributed by atoms with Gasteiger partial charge in [-0.1, -0.05) is 64.9 Å². The highest BCUT2D eigenvalue weighted by Gasteiger charge is 2.26. The quantitative estimate of drug-likeness (QED) is 0.427. The van der Waals surface area contributed by atoms with Gasteiger partial charge in [0.05, 0.1) is 0 Å². The molecule has 2 aromatic rings. The lowest BCUT2D eigenvalue weighted by Gasteiger charge is -2.29. The second-order valence-corrected chi connectivity index (χ2v) is 8.27. The maximum absolute atomic E-state index is 5.87. The minimum atomic E-state index is -0.0488. The molecule has 3 nitrogen and oxygen atoms in total. The van der Waals surface area contributed by atoms with Crippen molar-refractivity contribution in [2.24, 2.45) is 4.99 Å². The van der Waals surface area contributed by atoms with Gasteiger partial charge in [-0.15, -0.1) is 0 Å². The van der Waals surface area contributed by atoms with E-state index in [1.807, 2.05) is 13.3 Å². The van der Waals surface area contributed by atoms with Crippen LogP contribution in [0.15, 0.2) is 47.5 Å². The molecule has 0 bridgehead atoms. The fraction of sp³-hybridized carbons (Fsp3) is 0.350. The number of ether oxygens (including phenoxy) is 2. The molecule has 0 saturated carbocycles. The molecule has 1 unspecified atom stereocenters. The topological polar surface area (TPSA) is 30.8 Å². The van der Waals surface area contributed by atoms with Crippen LogP contribution in [0, 0.1) is 6.92 Å². The van der Waals surface area contributed by atoms with Gasteiger partial charge in [-0.3, -0.25) is 4.99 Å². The first-order valence-electron chi connectivity index (χ1n) is 8.01. The van der Waals surface area contributed by atoms with E-state index < -0.39 is 0 Å². The fourth-order valence-corrected chi connectivity index (χ4v) is 4.20. The van der Waals surface area contributed by atoms with Crippen LogP contribution in [0.2, 0.25) is 0 Å². The second-order valence-electron chi connectivity index (χ2n) is 6.23. The Morgan fingerprint density at radius 3 is 2.58 bits per heavy atom. The zero-order chi connectivity index (χ0) is 17.6. The Bertz CT molecular complexity index is 711. The Morgan fingerprint density at radius 2 is 1.88 bits per heavy atom. The minimum absolute atomic E-state index is 0.0488. The second kappa shape index (κ2) is 8.41. The molecule has 0 spiro atoms. The van der Waals surface area contributed by atoms with Gasteiger partial charge in [0.25, 0.3) is 0 Å². The Balaban J connectivity index is 2.39. The summed E-state index contributed by atoms with van der Waals surface area (Å²) in [7, 11) is 4.05. The fourth-order valence-electron chi connectivity index (χ4n) is 2.72. The average Bonchev–Trinajstić information content (AvgIpc) is 2.55. The van der Waals surface area contributed by atoms with Crippen LogP contribution in [-0.4, -0.2) is 27.2 Å². The number of hydrogen-bond acceptors (Lipinski definition) is 3. The predicted octanol–water partition coefficient (Wildman–Crippen LogP) is 4.27. The summed E-state index contributed by atoms with van der Waals surface area (Å²) in [5.74, 6) is 0.929. The number of aryl methyl sites for hydroxylation is 1. The van der Waals surface area contributed by atoms with Crippen LogP contribution in [0.25, 0.3) is 0 Å². The third-order valence-electron chi connectivity index (χ3n) is 3.88. The van der Waals surface area contributed by atoms with Crippen molar-refractivity contribution < 1.29 is 9.47 Å². The summed E-state index contributed by atoms with van der Waals surface area (Å²) in [6.45, 7) is 6.86. The zero-order valence-electron chi connectivity index (χ0n) is 15.1. The molecular weight excluding hydrogens is 317 g/mol. The highest BCUT2D eigenvalue weighted by Crippen LogP contribution is 2.45. The number of benzene rings is 2. The highest BCUT2D eigenvalue weighted by atomic mass is 31.1. The monoisotopic (exact) mass is 343 g/mol. The van der Waals surface area contributed by atoms with Gasteiger partial charge in [0.2, 0.25) is 0 Å². The third kappa shape index (κ3) is 4.43. The SMILES string of the molecule is CN=Cc1ccccc1PC(C)(C)c1cccc(C)c1OCOC. The Hall–Kier alpha value is -1.70. The molecule has 2 aromatic carbocycles. The van der Waals surface area contributed by atoms with Gasteiger partial charge in [-0.05, 0) is 23.4 Å². The predicted molar refractivity (Wildman–Crippen MR) is 105 cm³/mol. The number of para-hydroxylation sites is 1. The Morgan fingerprint density at radius 1 is 1.12 bits per heavy atom. The number of aliphatic imine (C=N–C) groups is 1. The van der Waals surface area contributed by atoms with E-state index in [0.717, 1.165) is 11.3 Å². The van der Waals surface area contributed by atoms with Gasteiger partial charge >= 0.3 is 0 Å². The molecule has 0 radical (unpaired) electrons. The number of rotatable bonds is 7. The van der Waals surface area contributed by atoms with Crippen LogP contribution in [-0.2, 0) is 9.89 Å². The number of methoxy groups -OCH3 is 1. The molecule has 1 atom stereocenters. The Labute approximate surface area is 146 Å². The van der Waals surface area contributed by atoms with Crippen LogP contribution < -0.4 is 10.0 Å². The molecule has 0 aromatic heterocycles. The van der Waals surface area contributed by atoms with Crippen LogP contribution in [0.3, 0.4) is 0 Å². The van der Waals surface area contributed by atoms with E-state index in [1.54, 1.807) is 7.11 Å². The smallest absolute Gasteiger partial charge is 0.188 e. The molecule has 2 rings (SSSR count). The van der Waals surface area contributed by atoms with Crippen LogP contribution in [0.5, 0.6) is 5.75 Å². The van der Waals surface area contributed by atoms with Crippen molar-refractivity contribution in [2.75, 3.05) is 21.0 Å². The van der Waals surface area contributed by atoms with E-state index in [2.05, 4.69) is 68.2 Å². The van der Waals surface area contributed by atoms with E-state index in [0.29, 0.717) is 8.58 Å². The normalized spacial score (nSPS) is 12.4. The summed E-state index contributed by atoms with van der Waals surface area (Å²) in [4.78, 5) is 4.18. The van der Waals surface area contributed by atoms with Gasteiger partial charge < -0.3 is 9.47 Å². The molecule has 0 amide bonds. The molecule has 0 saturated heterocycles. The Kier molecular flexibility index (Phi) is 6.53. The van der Waals surface area contributed by atoms with Gasteiger partial charge in [0.15, 0.2) is 6.79 Å². The lowest BCUT2D eigenvalue weighted by Crippen LogP contribution is -2.19. The van der Waals surface area contributed by atoms with Crippen molar-refractivity contribution in [3.05, 3.63) is 59.2 Å². The molecule has 0 aliphatic rings. The van der Waals surface area contributed by atoms with E-state index in [1.165, 1.54) is 16.4 Å². The summed E-state index contributed by atoms with van der Waals surface area (Å²) in [6, 6.07) is 14.8. The molecule has 24 heavy (non-hydrogen) atoms. The summed E-state index contributed by atoms with van der Waals surface area (Å²) >= 11 is 0. The minimum Gasteiger partial charge on any atom is -0.467 e. The molecule has 0 aliphatic heterocycles. The van der Waals surface area contributed by atoms with E-state index in [9.17, 15) is 0 Å². The van der Waals surface area contributed by atoms with E-state index in [-0.39, 0.29) is 11.9 Å². The maximum Gasteiger partial charge on any atom is 0.188 e. The van der Waals surface area contributed by atoms with Gasteiger partial charge in [-0.25, -0.2) is 0 Å². The van der Waals surface area contributed by atoms with Crippen LogP contribution >= 0.6 is 8.58 Å². The zero-order valence-corrected chi connectivity index (χ0v) is 16.1. The third-order valence-corrected chi connectivity index (χ3v) is 5.50. The van der Waals surface area contributed by atoms with Crippen molar-refractivity contribution in [2.45, 2.75) is 25.9 Å². The molecular formula is C20H26NO2P. The van der Waals surface area contributed by atoms with Crippen molar-refractivity contribution in [1.29, 1.82) is 0 Å². The summed E-state index contributed by atoms with van der Waals surface area (Å²) in [5.41, 5.74) is 3.52. The van der Waals surface area contributed by atoms with Crippen LogP contribution in [0.4, 0.5) is 0 Å². The highest BCUT2D eigenvalue weighted by molar-refractivity contribution is 7.48. The first-order valence-corrected chi connectivity index (χ1v) is 9.01. The molecule has 0 heterocycles. The number of nitrogens with zero attached hydrogens (tertiary/aromatic N) is 1. The summed E-state index contributed by atoms with van der Waals surface area (Å²) in [5, 5.41) is 1.26. The van der Waals surface area contributed by atoms with E-state index >= 15 is 0 Å². The average molecular weight is 343 g/mol. The molecule has 128 valence electrons.